The van der Waals surface area contributed by atoms with E-state index < -0.39 is 0 Å². The molecule has 0 saturated heterocycles. The van der Waals surface area contributed by atoms with Gasteiger partial charge in [-0.15, -0.1) is 0 Å². The normalized spacial score (nSPS) is 11.5. The first-order valence-corrected chi connectivity index (χ1v) is 10.00. The van der Waals surface area contributed by atoms with Crippen molar-refractivity contribution in [3.05, 3.63) is 71.0 Å². The summed E-state index contributed by atoms with van der Waals surface area (Å²) in [4.78, 5) is 17.4. The molecule has 0 radical (unpaired) electrons. The number of aryl methyl sites for hydroxylation is 1. The summed E-state index contributed by atoms with van der Waals surface area (Å²) >= 11 is 5.91. The Labute approximate surface area is 165 Å². The average Bonchev–Trinajstić information content (AvgIpc) is 3.06. The van der Waals surface area contributed by atoms with Gasteiger partial charge in [0, 0.05) is 11.6 Å². The number of nitrogens with zero attached hydrogens (tertiary/aromatic N) is 2. The molecule has 0 bridgehead atoms. The number of rotatable bonds is 9. The summed E-state index contributed by atoms with van der Waals surface area (Å²) in [6.07, 6.45) is 9.37. The van der Waals surface area contributed by atoms with Gasteiger partial charge in [-0.25, -0.2) is 4.98 Å². The first-order valence-electron chi connectivity index (χ1n) is 9.62. The second-order valence-corrected chi connectivity index (χ2v) is 7.18. The van der Waals surface area contributed by atoms with Crippen molar-refractivity contribution in [2.45, 2.75) is 45.6 Å². The first-order chi connectivity index (χ1) is 13.2. The lowest BCUT2D eigenvalue weighted by Crippen LogP contribution is -2.09. The van der Waals surface area contributed by atoms with Crippen LogP contribution >= 0.6 is 11.6 Å². The van der Waals surface area contributed by atoms with Gasteiger partial charge in [0.2, 0.25) is 5.78 Å². The molecule has 0 aliphatic rings. The summed E-state index contributed by atoms with van der Waals surface area (Å²) in [7, 11) is 0. The maximum Gasteiger partial charge on any atom is 0.221 e. The Bertz CT molecular complexity index is 925. The lowest BCUT2D eigenvalue weighted by atomic mass is 10.1. The molecule has 0 amide bonds. The monoisotopic (exact) mass is 380 g/mol. The SMILES string of the molecule is CCCCCCCn1c(C(=O)/C=C/c2ccc(Cl)cc2)nc2ccccc21. The Balaban J connectivity index is 1.80. The smallest absolute Gasteiger partial charge is 0.221 e. The largest absolute Gasteiger partial charge is 0.321 e. The molecule has 0 unspecified atom stereocenters. The number of benzene rings is 2. The third-order valence-electron chi connectivity index (χ3n) is 4.66. The summed E-state index contributed by atoms with van der Waals surface area (Å²) in [5, 5.41) is 0.684. The molecule has 3 aromatic rings. The highest BCUT2D eigenvalue weighted by Crippen LogP contribution is 2.19. The van der Waals surface area contributed by atoms with E-state index in [4.69, 9.17) is 11.6 Å². The van der Waals surface area contributed by atoms with E-state index in [1.54, 1.807) is 6.08 Å². The van der Waals surface area contributed by atoms with Gasteiger partial charge in [0.15, 0.2) is 5.82 Å². The number of imidazole rings is 1. The molecular formula is C23H25ClN2O. The molecule has 1 heterocycles. The summed E-state index contributed by atoms with van der Waals surface area (Å²) in [6, 6.07) is 15.4. The van der Waals surface area contributed by atoms with Gasteiger partial charge < -0.3 is 4.57 Å². The second-order valence-electron chi connectivity index (χ2n) is 6.74. The topological polar surface area (TPSA) is 34.9 Å². The van der Waals surface area contributed by atoms with Crippen LogP contribution in [0.2, 0.25) is 5.02 Å². The molecule has 0 spiro atoms. The number of halogens is 1. The van der Waals surface area contributed by atoms with E-state index in [0.717, 1.165) is 29.6 Å². The van der Waals surface area contributed by atoms with Crippen molar-refractivity contribution in [2.24, 2.45) is 0 Å². The van der Waals surface area contributed by atoms with Crippen LogP contribution in [-0.4, -0.2) is 15.3 Å². The molecule has 0 fully saturated rings. The predicted molar refractivity (Wildman–Crippen MR) is 113 cm³/mol. The Morgan fingerprint density at radius 2 is 1.78 bits per heavy atom. The van der Waals surface area contributed by atoms with Crippen molar-refractivity contribution in [3.63, 3.8) is 0 Å². The van der Waals surface area contributed by atoms with Gasteiger partial charge >= 0.3 is 0 Å². The molecule has 0 atom stereocenters. The third-order valence-corrected chi connectivity index (χ3v) is 4.91. The van der Waals surface area contributed by atoms with Crippen LogP contribution in [0.3, 0.4) is 0 Å². The zero-order valence-corrected chi connectivity index (χ0v) is 16.5. The molecular weight excluding hydrogens is 356 g/mol. The molecule has 4 heteroatoms. The van der Waals surface area contributed by atoms with E-state index in [-0.39, 0.29) is 5.78 Å². The Morgan fingerprint density at radius 3 is 2.56 bits per heavy atom. The van der Waals surface area contributed by atoms with Gasteiger partial charge in [-0.3, -0.25) is 4.79 Å². The number of unbranched alkanes of at least 4 members (excludes halogenated alkanes) is 4. The number of fused-ring (bicyclic) bond motifs is 1. The van der Waals surface area contributed by atoms with E-state index in [2.05, 4.69) is 16.5 Å². The molecule has 140 valence electrons. The minimum Gasteiger partial charge on any atom is -0.321 e. The number of carbonyl (C=O) groups excluding carboxylic acids is 1. The van der Waals surface area contributed by atoms with Crippen LogP contribution in [0.25, 0.3) is 17.1 Å². The summed E-state index contributed by atoms with van der Waals surface area (Å²) in [5.41, 5.74) is 2.83. The van der Waals surface area contributed by atoms with Gasteiger partial charge in [-0.05, 0) is 42.3 Å². The van der Waals surface area contributed by atoms with Crippen LogP contribution in [0.4, 0.5) is 0 Å². The van der Waals surface area contributed by atoms with Gasteiger partial charge in [0.25, 0.3) is 0 Å². The van der Waals surface area contributed by atoms with Crippen molar-refractivity contribution in [2.75, 3.05) is 0 Å². The third kappa shape index (κ3) is 5.08. The number of carbonyl (C=O) groups is 1. The van der Waals surface area contributed by atoms with E-state index in [9.17, 15) is 4.79 Å². The molecule has 1 aromatic heterocycles. The van der Waals surface area contributed by atoms with Crippen molar-refractivity contribution >= 4 is 34.5 Å². The van der Waals surface area contributed by atoms with Crippen molar-refractivity contribution in [1.82, 2.24) is 9.55 Å². The second kappa shape index (κ2) is 9.52. The van der Waals surface area contributed by atoms with E-state index in [1.807, 2.05) is 54.6 Å². The molecule has 2 aromatic carbocycles. The van der Waals surface area contributed by atoms with E-state index in [1.165, 1.54) is 25.7 Å². The molecule has 0 aliphatic heterocycles. The van der Waals surface area contributed by atoms with E-state index >= 15 is 0 Å². The maximum absolute atomic E-state index is 12.8. The molecule has 3 rings (SSSR count). The van der Waals surface area contributed by atoms with Gasteiger partial charge in [0.05, 0.1) is 11.0 Å². The Morgan fingerprint density at radius 1 is 1.04 bits per heavy atom. The molecule has 0 N–H and O–H groups in total. The lowest BCUT2D eigenvalue weighted by molar-refractivity contribution is 0.103. The standard InChI is InChI=1S/C23H25ClN2O/c1-2-3-4-5-8-17-26-21-10-7-6-9-20(21)25-23(26)22(27)16-13-18-11-14-19(24)15-12-18/h6-7,9-16H,2-5,8,17H2,1H3/b16-13+. The van der Waals surface area contributed by atoms with Crippen molar-refractivity contribution in [3.8, 4) is 0 Å². The quantitative estimate of drug-likeness (QED) is 0.239. The van der Waals surface area contributed by atoms with E-state index in [0.29, 0.717) is 10.8 Å². The number of para-hydroxylation sites is 2. The summed E-state index contributed by atoms with van der Waals surface area (Å²) in [6.45, 7) is 3.03. The number of allylic oxidation sites excluding steroid dienone is 1. The minimum atomic E-state index is -0.0743. The lowest BCUT2D eigenvalue weighted by Gasteiger charge is -2.07. The predicted octanol–water partition coefficient (Wildman–Crippen LogP) is 6.56. The fourth-order valence-electron chi connectivity index (χ4n) is 3.18. The molecule has 27 heavy (non-hydrogen) atoms. The molecule has 3 nitrogen and oxygen atoms in total. The summed E-state index contributed by atoms with van der Waals surface area (Å²) in [5.74, 6) is 0.437. The van der Waals surface area contributed by atoms with Crippen LogP contribution in [-0.2, 0) is 6.54 Å². The molecule has 0 aliphatic carbocycles. The van der Waals surface area contributed by atoms with Crippen LogP contribution in [0, 0.1) is 0 Å². The number of ketones is 1. The van der Waals surface area contributed by atoms with Crippen LogP contribution < -0.4 is 0 Å². The molecule has 0 saturated carbocycles. The fraction of sp³-hybridized carbons (Fsp3) is 0.304. The highest BCUT2D eigenvalue weighted by atomic mass is 35.5. The van der Waals surface area contributed by atoms with Crippen LogP contribution in [0.15, 0.2) is 54.6 Å². The fourth-order valence-corrected chi connectivity index (χ4v) is 3.31. The number of hydrogen-bond acceptors (Lipinski definition) is 2. The van der Waals surface area contributed by atoms with Crippen molar-refractivity contribution in [1.29, 1.82) is 0 Å². The first kappa shape index (κ1) is 19.4. The zero-order valence-electron chi connectivity index (χ0n) is 15.7. The zero-order chi connectivity index (χ0) is 19.1. The highest BCUT2D eigenvalue weighted by Gasteiger charge is 2.15. The Hall–Kier alpha value is -2.39. The number of aromatic nitrogens is 2. The van der Waals surface area contributed by atoms with Crippen molar-refractivity contribution < 1.29 is 4.79 Å². The minimum absolute atomic E-state index is 0.0743. The average molecular weight is 381 g/mol. The van der Waals surface area contributed by atoms with Gasteiger partial charge in [-0.1, -0.05) is 74.5 Å². The highest BCUT2D eigenvalue weighted by molar-refractivity contribution is 6.30. The van der Waals surface area contributed by atoms with Gasteiger partial charge in [0.1, 0.15) is 0 Å². The number of hydrogen-bond donors (Lipinski definition) is 0. The Kier molecular flexibility index (Phi) is 6.83. The maximum atomic E-state index is 12.8. The van der Waals surface area contributed by atoms with Crippen LogP contribution in [0.5, 0.6) is 0 Å². The van der Waals surface area contributed by atoms with Crippen LogP contribution in [0.1, 0.15) is 55.2 Å². The van der Waals surface area contributed by atoms with Gasteiger partial charge in [-0.2, -0.15) is 0 Å². The summed E-state index contributed by atoms with van der Waals surface area (Å²) < 4.78 is 2.07.